The van der Waals surface area contributed by atoms with Gasteiger partial charge in [0.05, 0.1) is 18.2 Å². The van der Waals surface area contributed by atoms with Crippen molar-refractivity contribution in [3.05, 3.63) is 59.4 Å². The lowest BCUT2D eigenvalue weighted by molar-refractivity contribution is -0.137. The summed E-state index contributed by atoms with van der Waals surface area (Å²) >= 11 is 0. The van der Waals surface area contributed by atoms with E-state index in [0.717, 1.165) is 18.2 Å². The molecule has 1 heterocycles. The van der Waals surface area contributed by atoms with Gasteiger partial charge < -0.3 is 4.74 Å². The number of nitrogens with zero attached hydrogens (tertiary/aromatic N) is 1. The molecule has 0 saturated heterocycles. The number of hydrogen-bond donors (Lipinski definition) is 0. The van der Waals surface area contributed by atoms with E-state index in [0.29, 0.717) is 0 Å². The third-order valence-corrected chi connectivity index (χ3v) is 2.71. The maximum absolute atomic E-state index is 12.7. The summed E-state index contributed by atoms with van der Waals surface area (Å²) in [5, 5.41) is 0. The van der Waals surface area contributed by atoms with Crippen LogP contribution in [0.15, 0.2) is 42.7 Å². The quantitative estimate of drug-likeness (QED) is 0.810. The van der Waals surface area contributed by atoms with Gasteiger partial charge in [0.2, 0.25) is 0 Å². The summed E-state index contributed by atoms with van der Waals surface area (Å²) in [6.45, 7) is 0. The minimum atomic E-state index is -4.51. The van der Waals surface area contributed by atoms with E-state index in [4.69, 9.17) is 4.74 Å². The van der Waals surface area contributed by atoms with Crippen LogP contribution in [0, 0.1) is 0 Å². The SMILES string of the molecule is COc1ccc(C(F)(F)F)cc1C(=O)c1ccncc1. The van der Waals surface area contributed by atoms with E-state index in [1.165, 1.54) is 31.6 Å². The van der Waals surface area contributed by atoms with Crippen molar-refractivity contribution in [1.82, 2.24) is 4.98 Å². The Labute approximate surface area is 113 Å². The predicted molar refractivity (Wildman–Crippen MR) is 65.7 cm³/mol. The van der Waals surface area contributed by atoms with Gasteiger partial charge >= 0.3 is 6.18 Å². The van der Waals surface area contributed by atoms with Crippen molar-refractivity contribution in [3.63, 3.8) is 0 Å². The Morgan fingerprint density at radius 1 is 1.15 bits per heavy atom. The Kier molecular flexibility index (Phi) is 3.74. The molecule has 104 valence electrons. The summed E-state index contributed by atoms with van der Waals surface area (Å²) in [5.74, 6) is -0.449. The normalized spacial score (nSPS) is 11.2. The second kappa shape index (κ2) is 5.32. The minimum Gasteiger partial charge on any atom is -0.496 e. The van der Waals surface area contributed by atoms with Crippen molar-refractivity contribution in [3.8, 4) is 5.75 Å². The Morgan fingerprint density at radius 2 is 1.80 bits per heavy atom. The number of ketones is 1. The molecule has 0 amide bonds. The maximum Gasteiger partial charge on any atom is 0.416 e. The number of halogens is 3. The van der Waals surface area contributed by atoms with Crippen molar-refractivity contribution >= 4 is 5.78 Å². The largest absolute Gasteiger partial charge is 0.496 e. The molecular formula is C14H10F3NO2. The van der Waals surface area contributed by atoms with Gasteiger partial charge in [-0.3, -0.25) is 9.78 Å². The molecule has 0 aliphatic heterocycles. The molecule has 1 aromatic carbocycles. The Balaban J connectivity index is 2.52. The number of pyridine rings is 1. The summed E-state index contributed by atoms with van der Waals surface area (Å²) in [6.07, 6.45) is -1.72. The topological polar surface area (TPSA) is 39.2 Å². The number of alkyl halides is 3. The first kappa shape index (κ1) is 14.0. The molecule has 0 spiro atoms. The maximum atomic E-state index is 12.7. The van der Waals surface area contributed by atoms with E-state index < -0.39 is 17.5 Å². The molecule has 0 radical (unpaired) electrons. The van der Waals surface area contributed by atoms with Crippen molar-refractivity contribution in [2.24, 2.45) is 0 Å². The number of ether oxygens (including phenoxy) is 1. The number of hydrogen-bond acceptors (Lipinski definition) is 3. The highest BCUT2D eigenvalue weighted by atomic mass is 19.4. The lowest BCUT2D eigenvalue weighted by Crippen LogP contribution is -2.09. The van der Waals surface area contributed by atoms with Gasteiger partial charge in [0.1, 0.15) is 5.75 Å². The van der Waals surface area contributed by atoms with Crippen molar-refractivity contribution in [2.75, 3.05) is 7.11 Å². The van der Waals surface area contributed by atoms with Gasteiger partial charge in [0.25, 0.3) is 0 Å². The van der Waals surface area contributed by atoms with Gasteiger partial charge in [-0.25, -0.2) is 0 Å². The molecule has 0 aliphatic rings. The fourth-order valence-corrected chi connectivity index (χ4v) is 1.72. The highest BCUT2D eigenvalue weighted by Crippen LogP contribution is 2.33. The van der Waals surface area contributed by atoms with Crippen LogP contribution in [0.25, 0.3) is 0 Å². The zero-order chi connectivity index (χ0) is 14.8. The van der Waals surface area contributed by atoms with Crippen LogP contribution in [0.1, 0.15) is 21.5 Å². The van der Waals surface area contributed by atoms with Crippen LogP contribution in [0.2, 0.25) is 0 Å². The van der Waals surface area contributed by atoms with E-state index in [9.17, 15) is 18.0 Å². The molecule has 6 heteroatoms. The van der Waals surface area contributed by atoms with Crippen molar-refractivity contribution in [2.45, 2.75) is 6.18 Å². The third-order valence-electron chi connectivity index (χ3n) is 2.71. The number of rotatable bonds is 3. The van der Waals surface area contributed by atoms with Crippen molar-refractivity contribution in [1.29, 1.82) is 0 Å². The third kappa shape index (κ3) is 2.79. The molecule has 2 aromatic rings. The second-order valence-corrected chi connectivity index (χ2v) is 3.98. The smallest absolute Gasteiger partial charge is 0.416 e. The van der Waals surface area contributed by atoms with E-state index in [1.807, 2.05) is 0 Å². The summed E-state index contributed by atoms with van der Waals surface area (Å²) in [4.78, 5) is 16.0. The summed E-state index contributed by atoms with van der Waals surface area (Å²) in [7, 11) is 1.30. The number of carbonyl (C=O) groups is 1. The van der Waals surface area contributed by atoms with Crippen LogP contribution in [0.4, 0.5) is 13.2 Å². The van der Waals surface area contributed by atoms with Crippen LogP contribution in [0.3, 0.4) is 0 Å². The van der Waals surface area contributed by atoms with E-state index in [2.05, 4.69) is 4.98 Å². The second-order valence-electron chi connectivity index (χ2n) is 3.98. The first-order chi connectivity index (χ1) is 9.43. The molecular weight excluding hydrogens is 271 g/mol. The minimum absolute atomic E-state index is 0.0970. The van der Waals surface area contributed by atoms with Crippen LogP contribution < -0.4 is 4.74 Å². The van der Waals surface area contributed by atoms with Crippen molar-refractivity contribution < 1.29 is 22.7 Å². The van der Waals surface area contributed by atoms with E-state index >= 15 is 0 Å². The molecule has 0 N–H and O–H groups in total. The Bertz CT molecular complexity index is 624. The lowest BCUT2D eigenvalue weighted by atomic mass is 10.0. The molecule has 2 rings (SSSR count). The molecule has 20 heavy (non-hydrogen) atoms. The zero-order valence-electron chi connectivity index (χ0n) is 10.4. The molecule has 0 aliphatic carbocycles. The molecule has 3 nitrogen and oxygen atoms in total. The average molecular weight is 281 g/mol. The molecule has 0 unspecified atom stereocenters. The molecule has 0 atom stereocenters. The van der Waals surface area contributed by atoms with Gasteiger partial charge in [-0.1, -0.05) is 0 Å². The fourth-order valence-electron chi connectivity index (χ4n) is 1.72. The molecule has 1 aromatic heterocycles. The van der Waals surface area contributed by atoms with Crippen LogP contribution in [0.5, 0.6) is 5.75 Å². The fraction of sp³-hybridized carbons (Fsp3) is 0.143. The average Bonchev–Trinajstić information content (AvgIpc) is 2.45. The first-order valence-corrected chi connectivity index (χ1v) is 5.63. The number of carbonyl (C=O) groups excluding carboxylic acids is 1. The molecule has 0 bridgehead atoms. The van der Waals surface area contributed by atoms with Gasteiger partial charge in [-0.2, -0.15) is 13.2 Å². The van der Waals surface area contributed by atoms with Gasteiger partial charge in [-0.05, 0) is 30.3 Å². The monoisotopic (exact) mass is 281 g/mol. The van der Waals surface area contributed by atoms with Gasteiger partial charge in [-0.15, -0.1) is 0 Å². The van der Waals surface area contributed by atoms with E-state index in [1.54, 1.807) is 0 Å². The van der Waals surface area contributed by atoms with Crippen LogP contribution >= 0.6 is 0 Å². The first-order valence-electron chi connectivity index (χ1n) is 5.63. The van der Waals surface area contributed by atoms with E-state index in [-0.39, 0.29) is 16.9 Å². The molecule has 0 fully saturated rings. The summed E-state index contributed by atoms with van der Waals surface area (Å²) in [6, 6.07) is 5.67. The van der Waals surface area contributed by atoms with Crippen LogP contribution in [-0.4, -0.2) is 17.9 Å². The number of benzene rings is 1. The highest BCUT2D eigenvalue weighted by molar-refractivity contribution is 6.10. The Hall–Kier alpha value is -2.37. The number of aromatic nitrogens is 1. The van der Waals surface area contributed by atoms with Gasteiger partial charge in [0.15, 0.2) is 5.78 Å². The predicted octanol–water partition coefficient (Wildman–Crippen LogP) is 3.34. The van der Waals surface area contributed by atoms with Gasteiger partial charge in [0, 0.05) is 18.0 Å². The standard InChI is InChI=1S/C14H10F3NO2/c1-20-12-3-2-10(14(15,16)17)8-11(12)13(19)9-4-6-18-7-5-9/h2-8H,1H3. The zero-order valence-corrected chi connectivity index (χ0v) is 10.4. The summed E-state index contributed by atoms with van der Waals surface area (Å²) in [5.41, 5.74) is -0.776. The lowest BCUT2D eigenvalue weighted by Gasteiger charge is -2.12. The number of methoxy groups -OCH3 is 1. The summed E-state index contributed by atoms with van der Waals surface area (Å²) < 4.78 is 43.1. The van der Waals surface area contributed by atoms with Crippen LogP contribution in [-0.2, 0) is 6.18 Å². The highest BCUT2D eigenvalue weighted by Gasteiger charge is 2.32. The Morgan fingerprint density at radius 3 is 2.35 bits per heavy atom. The molecule has 0 saturated carbocycles.